The molecule has 24 heavy (non-hydrogen) atoms. The molecule has 0 saturated carbocycles. The molecular weight excluding hydrogens is 314 g/mol. The molecule has 2 rings (SSSR count). The molecule has 9 nitrogen and oxygen atoms in total. The molecule has 0 radical (unpaired) electrons. The number of nitrogens with one attached hydrogen (secondary N) is 3. The number of nitriles is 1. The first-order valence-corrected chi connectivity index (χ1v) is 6.82. The third kappa shape index (κ3) is 3.80. The Morgan fingerprint density at radius 3 is 2.67 bits per heavy atom. The number of aromatic amines is 1. The van der Waals surface area contributed by atoms with Gasteiger partial charge >= 0.3 is 11.8 Å². The Bertz CT molecular complexity index is 793. The molecule has 2 amide bonds. The lowest BCUT2D eigenvalue weighted by atomic mass is 10.2. The van der Waals surface area contributed by atoms with Crippen LogP contribution >= 0.6 is 0 Å². The van der Waals surface area contributed by atoms with Crippen molar-refractivity contribution in [2.45, 2.75) is 6.54 Å². The summed E-state index contributed by atoms with van der Waals surface area (Å²) in [5.41, 5.74) is 0.865. The van der Waals surface area contributed by atoms with E-state index < -0.39 is 11.8 Å². The van der Waals surface area contributed by atoms with Gasteiger partial charge in [0.05, 0.1) is 20.4 Å². The van der Waals surface area contributed by atoms with Gasteiger partial charge in [-0.15, -0.1) is 0 Å². The molecule has 0 bridgehead atoms. The van der Waals surface area contributed by atoms with Crippen molar-refractivity contribution in [2.75, 3.05) is 19.5 Å². The molecule has 0 unspecified atom stereocenters. The molecule has 9 heteroatoms. The standard InChI is InChI=1S/C15H15N5O4/c1-23-11-4-3-9(5-12(11)24-2)7-17-14(21)15(22)19-13-10(6-16)8-18-20-13/h3-5,8H,7H2,1-2H3,(H,17,21)(H2,18,19,20,22). The van der Waals surface area contributed by atoms with Crippen LogP contribution in [0.25, 0.3) is 0 Å². The first-order chi connectivity index (χ1) is 11.6. The van der Waals surface area contributed by atoms with Gasteiger partial charge in [-0.1, -0.05) is 6.07 Å². The van der Waals surface area contributed by atoms with E-state index in [9.17, 15) is 9.59 Å². The van der Waals surface area contributed by atoms with Crippen molar-refractivity contribution in [3.63, 3.8) is 0 Å². The van der Waals surface area contributed by atoms with Gasteiger partial charge in [0, 0.05) is 6.54 Å². The molecule has 0 fully saturated rings. The Labute approximate surface area is 137 Å². The second-order valence-corrected chi connectivity index (χ2v) is 4.60. The Morgan fingerprint density at radius 1 is 1.25 bits per heavy atom. The van der Waals surface area contributed by atoms with Crippen LogP contribution in [0.2, 0.25) is 0 Å². The van der Waals surface area contributed by atoms with E-state index in [0.717, 1.165) is 5.56 Å². The molecule has 1 aromatic carbocycles. The number of ether oxygens (including phenoxy) is 2. The number of hydrogen-bond donors (Lipinski definition) is 3. The lowest BCUT2D eigenvalue weighted by Gasteiger charge is -2.10. The van der Waals surface area contributed by atoms with Gasteiger partial charge in [-0.25, -0.2) is 0 Å². The van der Waals surface area contributed by atoms with Crippen molar-refractivity contribution in [1.82, 2.24) is 15.5 Å². The van der Waals surface area contributed by atoms with Crippen LogP contribution in [0, 0.1) is 11.3 Å². The highest BCUT2D eigenvalue weighted by Crippen LogP contribution is 2.27. The van der Waals surface area contributed by atoms with E-state index in [2.05, 4.69) is 20.8 Å². The summed E-state index contributed by atoms with van der Waals surface area (Å²) in [6.07, 6.45) is 1.25. The zero-order valence-electron chi connectivity index (χ0n) is 13.0. The molecule has 2 aromatic rings. The summed E-state index contributed by atoms with van der Waals surface area (Å²) < 4.78 is 10.3. The number of amides is 2. The Balaban J connectivity index is 1.95. The van der Waals surface area contributed by atoms with Crippen molar-refractivity contribution in [3.8, 4) is 17.6 Å². The van der Waals surface area contributed by atoms with Crippen LogP contribution in [0.5, 0.6) is 11.5 Å². The number of carbonyl (C=O) groups is 2. The smallest absolute Gasteiger partial charge is 0.314 e. The number of hydrogen-bond acceptors (Lipinski definition) is 6. The third-order valence-electron chi connectivity index (χ3n) is 3.11. The predicted molar refractivity (Wildman–Crippen MR) is 83.3 cm³/mol. The van der Waals surface area contributed by atoms with Gasteiger partial charge in [0.2, 0.25) is 0 Å². The topological polar surface area (TPSA) is 129 Å². The number of carbonyl (C=O) groups excluding carboxylic acids is 2. The Morgan fingerprint density at radius 2 is 2.00 bits per heavy atom. The van der Waals surface area contributed by atoms with Crippen LogP contribution in [0.3, 0.4) is 0 Å². The summed E-state index contributed by atoms with van der Waals surface area (Å²) in [4.78, 5) is 23.6. The van der Waals surface area contributed by atoms with Crippen molar-refractivity contribution >= 4 is 17.6 Å². The van der Waals surface area contributed by atoms with Crippen molar-refractivity contribution in [1.29, 1.82) is 5.26 Å². The van der Waals surface area contributed by atoms with Gasteiger partial charge in [-0.2, -0.15) is 10.4 Å². The van der Waals surface area contributed by atoms with Crippen molar-refractivity contribution < 1.29 is 19.1 Å². The molecule has 0 aliphatic heterocycles. The summed E-state index contributed by atoms with van der Waals surface area (Å²) >= 11 is 0. The lowest BCUT2D eigenvalue weighted by molar-refractivity contribution is -0.136. The first-order valence-electron chi connectivity index (χ1n) is 6.82. The molecule has 0 aliphatic carbocycles. The number of methoxy groups -OCH3 is 2. The quantitative estimate of drug-likeness (QED) is 0.687. The van der Waals surface area contributed by atoms with Gasteiger partial charge < -0.3 is 20.1 Å². The fourth-order valence-corrected chi connectivity index (χ4v) is 1.89. The summed E-state index contributed by atoms with van der Waals surface area (Å²) in [6.45, 7) is 0.126. The van der Waals surface area contributed by atoms with E-state index in [1.54, 1.807) is 18.2 Å². The van der Waals surface area contributed by atoms with Crippen LogP contribution in [0.1, 0.15) is 11.1 Å². The van der Waals surface area contributed by atoms with Crippen LogP contribution in [-0.4, -0.2) is 36.2 Å². The molecular formula is C15H15N5O4. The van der Waals surface area contributed by atoms with Gasteiger partial charge in [0.25, 0.3) is 0 Å². The number of aromatic nitrogens is 2. The number of rotatable bonds is 5. The fraction of sp³-hybridized carbons (Fsp3) is 0.200. The van der Waals surface area contributed by atoms with Crippen LogP contribution in [0.15, 0.2) is 24.4 Å². The summed E-state index contributed by atoms with van der Waals surface area (Å²) in [5.74, 6) is -0.596. The molecule has 0 saturated heterocycles. The van der Waals surface area contributed by atoms with Crippen molar-refractivity contribution in [3.05, 3.63) is 35.5 Å². The average molecular weight is 329 g/mol. The zero-order chi connectivity index (χ0) is 17.5. The van der Waals surface area contributed by atoms with E-state index in [-0.39, 0.29) is 17.9 Å². The third-order valence-corrected chi connectivity index (χ3v) is 3.11. The maximum Gasteiger partial charge on any atom is 0.314 e. The van der Waals surface area contributed by atoms with E-state index >= 15 is 0 Å². The molecule has 0 spiro atoms. The molecule has 0 aliphatic rings. The van der Waals surface area contributed by atoms with Crippen LogP contribution in [-0.2, 0) is 16.1 Å². The van der Waals surface area contributed by atoms with Crippen molar-refractivity contribution in [2.24, 2.45) is 0 Å². The monoisotopic (exact) mass is 329 g/mol. The van der Waals surface area contributed by atoms with Gasteiger partial charge in [-0.05, 0) is 17.7 Å². The van der Waals surface area contributed by atoms with Gasteiger partial charge in [0.1, 0.15) is 17.5 Å². The highest BCUT2D eigenvalue weighted by molar-refractivity contribution is 6.39. The SMILES string of the molecule is COc1ccc(CNC(=O)C(=O)Nc2[nH]ncc2C#N)cc1OC. The summed E-state index contributed by atoms with van der Waals surface area (Å²) in [6, 6.07) is 6.97. The maximum absolute atomic E-state index is 11.8. The molecule has 1 heterocycles. The van der Waals surface area contributed by atoms with E-state index in [4.69, 9.17) is 14.7 Å². The van der Waals surface area contributed by atoms with E-state index in [1.807, 2.05) is 6.07 Å². The number of anilines is 1. The zero-order valence-corrected chi connectivity index (χ0v) is 13.0. The Hall–Kier alpha value is -3.54. The lowest BCUT2D eigenvalue weighted by Crippen LogP contribution is -2.35. The number of benzene rings is 1. The minimum Gasteiger partial charge on any atom is -0.493 e. The highest BCUT2D eigenvalue weighted by Gasteiger charge is 2.16. The minimum absolute atomic E-state index is 0.0729. The van der Waals surface area contributed by atoms with Crippen LogP contribution in [0.4, 0.5) is 5.82 Å². The fourth-order valence-electron chi connectivity index (χ4n) is 1.89. The summed E-state index contributed by atoms with van der Waals surface area (Å²) in [7, 11) is 3.03. The van der Waals surface area contributed by atoms with Gasteiger partial charge in [0.15, 0.2) is 11.5 Å². The first kappa shape index (κ1) is 16.8. The number of nitrogens with zero attached hydrogens (tertiary/aromatic N) is 2. The second kappa shape index (κ2) is 7.64. The highest BCUT2D eigenvalue weighted by atomic mass is 16.5. The maximum atomic E-state index is 11.8. The molecule has 1 aromatic heterocycles. The normalized spacial score (nSPS) is 9.71. The van der Waals surface area contributed by atoms with Crippen LogP contribution < -0.4 is 20.1 Å². The van der Waals surface area contributed by atoms with E-state index in [0.29, 0.717) is 11.5 Å². The molecule has 0 atom stereocenters. The average Bonchev–Trinajstić information content (AvgIpc) is 3.06. The predicted octanol–water partition coefficient (Wildman–Crippen LogP) is 0.553. The van der Waals surface area contributed by atoms with E-state index in [1.165, 1.54) is 20.4 Å². The Kier molecular flexibility index (Phi) is 5.36. The molecule has 3 N–H and O–H groups in total. The number of H-pyrrole nitrogens is 1. The summed E-state index contributed by atoms with van der Waals surface area (Å²) in [5, 5.41) is 19.6. The minimum atomic E-state index is -0.906. The second-order valence-electron chi connectivity index (χ2n) is 4.60. The van der Waals surface area contributed by atoms with Gasteiger partial charge in [-0.3, -0.25) is 14.7 Å². The largest absolute Gasteiger partial charge is 0.493 e. The molecule has 124 valence electrons.